The highest BCUT2D eigenvalue weighted by atomic mass is 16.5. The molecule has 2 rings (SSSR count). The minimum Gasteiger partial charge on any atom is -0.497 e. The largest absolute Gasteiger partial charge is 0.497 e. The van der Waals surface area contributed by atoms with Crippen LogP contribution in [-0.2, 0) is 5.41 Å². The average molecular weight is 263 g/mol. The molecule has 0 aliphatic heterocycles. The molecule has 106 valence electrons. The van der Waals surface area contributed by atoms with Crippen molar-refractivity contribution in [3.8, 4) is 5.75 Å². The molecule has 0 aromatic heterocycles. The summed E-state index contributed by atoms with van der Waals surface area (Å²) in [5.41, 5.74) is 1.56. The van der Waals surface area contributed by atoms with Gasteiger partial charge in [0.15, 0.2) is 0 Å². The Morgan fingerprint density at radius 2 is 1.89 bits per heavy atom. The second-order valence-corrected chi connectivity index (χ2v) is 6.37. The molecule has 0 atom stereocenters. The zero-order valence-corrected chi connectivity index (χ0v) is 12.2. The SMILES string of the molecule is COc1ccc(C(C)(C)CNCC2(CO)CC2)cc1. The second kappa shape index (κ2) is 5.51. The summed E-state index contributed by atoms with van der Waals surface area (Å²) in [5.74, 6) is 0.893. The third kappa shape index (κ3) is 3.48. The van der Waals surface area contributed by atoms with Crippen LogP contribution in [0, 0.1) is 5.41 Å². The molecule has 2 N–H and O–H groups in total. The van der Waals surface area contributed by atoms with Crippen LogP contribution in [0.4, 0.5) is 0 Å². The zero-order chi connectivity index (χ0) is 13.9. The quantitative estimate of drug-likeness (QED) is 0.793. The second-order valence-electron chi connectivity index (χ2n) is 6.37. The molecule has 19 heavy (non-hydrogen) atoms. The standard InChI is InChI=1S/C16H25NO2/c1-15(2,10-17-11-16(12-18)8-9-16)13-4-6-14(19-3)7-5-13/h4-7,17-18H,8-12H2,1-3H3. The van der Waals surface area contributed by atoms with E-state index in [1.54, 1.807) is 7.11 Å². The van der Waals surface area contributed by atoms with Gasteiger partial charge in [-0.3, -0.25) is 0 Å². The van der Waals surface area contributed by atoms with Crippen molar-refractivity contribution in [2.45, 2.75) is 32.1 Å². The Hall–Kier alpha value is -1.06. The normalized spacial score (nSPS) is 17.3. The van der Waals surface area contributed by atoms with Crippen LogP contribution in [0.1, 0.15) is 32.3 Å². The smallest absolute Gasteiger partial charge is 0.118 e. The first-order valence-electron chi connectivity index (χ1n) is 6.97. The predicted octanol–water partition coefficient (Wildman–Crippen LogP) is 2.33. The van der Waals surface area contributed by atoms with Gasteiger partial charge in [0.2, 0.25) is 0 Å². The fourth-order valence-corrected chi connectivity index (χ4v) is 2.35. The zero-order valence-electron chi connectivity index (χ0n) is 12.2. The molecule has 0 saturated heterocycles. The number of hydrogen-bond acceptors (Lipinski definition) is 3. The third-order valence-electron chi connectivity index (χ3n) is 4.23. The minimum atomic E-state index is 0.0812. The highest BCUT2D eigenvalue weighted by Gasteiger charge is 2.41. The summed E-state index contributed by atoms with van der Waals surface area (Å²) in [6, 6.07) is 8.26. The maximum absolute atomic E-state index is 9.31. The van der Waals surface area contributed by atoms with Crippen LogP contribution in [0.3, 0.4) is 0 Å². The Bertz CT molecular complexity index is 407. The van der Waals surface area contributed by atoms with Gasteiger partial charge >= 0.3 is 0 Å². The molecule has 0 unspecified atom stereocenters. The summed E-state index contributed by atoms with van der Waals surface area (Å²) >= 11 is 0. The minimum absolute atomic E-state index is 0.0812. The lowest BCUT2D eigenvalue weighted by Gasteiger charge is -2.27. The van der Waals surface area contributed by atoms with Gasteiger partial charge in [-0.05, 0) is 30.5 Å². The first-order chi connectivity index (χ1) is 9.01. The summed E-state index contributed by atoms with van der Waals surface area (Å²) in [6.45, 7) is 6.62. The van der Waals surface area contributed by atoms with Gasteiger partial charge in [0.1, 0.15) is 5.75 Å². The van der Waals surface area contributed by atoms with Crippen LogP contribution in [0.15, 0.2) is 24.3 Å². The van der Waals surface area contributed by atoms with Gasteiger partial charge in [-0.2, -0.15) is 0 Å². The lowest BCUT2D eigenvalue weighted by molar-refractivity contribution is 0.205. The maximum Gasteiger partial charge on any atom is 0.118 e. The van der Waals surface area contributed by atoms with E-state index in [0.29, 0.717) is 6.61 Å². The number of nitrogens with one attached hydrogen (secondary N) is 1. The Balaban J connectivity index is 1.89. The van der Waals surface area contributed by atoms with Crippen molar-refractivity contribution in [1.29, 1.82) is 0 Å². The van der Waals surface area contributed by atoms with Gasteiger partial charge in [-0.1, -0.05) is 26.0 Å². The summed E-state index contributed by atoms with van der Waals surface area (Å²) in [6.07, 6.45) is 2.30. The third-order valence-corrected chi connectivity index (χ3v) is 4.23. The molecule has 1 aliphatic carbocycles. The number of benzene rings is 1. The fraction of sp³-hybridized carbons (Fsp3) is 0.625. The number of methoxy groups -OCH3 is 1. The molecule has 0 radical (unpaired) electrons. The molecular weight excluding hydrogens is 238 g/mol. The highest BCUT2D eigenvalue weighted by molar-refractivity contribution is 5.31. The van der Waals surface area contributed by atoms with E-state index < -0.39 is 0 Å². The summed E-state index contributed by atoms with van der Waals surface area (Å²) in [5, 5.41) is 12.8. The van der Waals surface area contributed by atoms with Crippen molar-refractivity contribution in [3.05, 3.63) is 29.8 Å². The molecule has 1 aromatic carbocycles. The monoisotopic (exact) mass is 263 g/mol. The van der Waals surface area contributed by atoms with Crippen LogP contribution in [0.5, 0.6) is 5.75 Å². The maximum atomic E-state index is 9.31. The first kappa shape index (κ1) is 14.4. The van der Waals surface area contributed by atoms with Crippen molar-refractivity contribution < 1.29 is 9.84 Å². The van der Waals surface area contributed by atoms with Crippen LogP contribution < -0.4 is 10.1 Å². The van der Waals surface area contributed by atoms with E-state index in [1.807, 2.05) is 12.1 Å². The molecule has 0 amide bonds. The summed E-state index contributed by atoms with van der Waals surface area (Å²) < 4.78 is 5.19. The number of hydrogen-bond donors (Lipinski definition) is 2. The number of rotatable bonds is 7. The van der Waals surface area contributed by atoms with Crippen molar-refractivity contribution >= 4 is 0 Å². The molecule has 0 bridgehead atoms. The van der Waals surface area contributed by atoms with E-state index in [0.717, 1.165) is 31.7 Å². The van der Waals surface area contributed by atoms with Gasteiger partial charge < -0.3 is 15.2 Å². The Morgan fingerprint density at radius 3 is 2.37 bits per heavy atom. The van der Waals surface area contributed by atoms with E-state index >= 15 is 0 Å². The predicted molar refractivity (Wildman–Crippen MR) is 77.6 cm³/mol. The van der Waals surface area contributed by atoms with Crippen molar-refractivity contribution in [1.82, 2.24) is 5.32 Å². The molecule has 0 spiro atoms. The molecule has 1 aliphatic rings. The van der Waals surface area contributed by atoms with Crippen LogP contribution in [0.2, 0.25) is 0 Å². The van der Waals surface area contributed by atoms with Gasteiger partial charge in [0, 0.05) is 30.5 Å². The van der Waals surface area contributed by atoms with Crippen LogP contribution >= 0.6 is 0 Å². The Kier molecular flexibility index (Phi) is 4.16. The molecule has 1 saturated carbocycles. The van der Waals surface area contributed by atoms with E-state index in [-0.39, 0.29) is 10.8 Å². The van der Waals surface area contributed by atoms with E-state index in [4.69, 9.17) is 4.74 Å². The Labute approximate surface area is 116 Å². The number of aliphatic hydroxyl groups is 1. The van der Waals surface area contributed by atoms with Crippen LogP contribution in [-0.4, -0.2) is 31.9 Å². The highest BCUT2D eigenvalue weighted by Crippen LogP contribution is 2.44. The topological polar surface area (TPSA) is 41.5 Å². The number of ether oxygens (including phenoxy) is 1. The van der Waals surface area contributed by atoms with Crippen molar-refractivity contribution in [2.24, 2.45) is 5.41 Å². The molecule has 3 nitrogen and oxygen atoms in total. The summed E-state index contributed by atoms with van der Waals surface area (Å²) in [4.78, 5) is 0. The van der Waals surface area contributed by atoms with Gasteiger partial charge in [-0.15, -0.1) is 0 Å². The van der Waals surface area contributed by atoms with E-state index in [2.05, 4.69) is 31.3 Å². The average Bonchev–Trinajstić information content (AvgIpc) is 3.19. The van der Waals surface area contributed by atoms with Gasteiger partial charge in [-0.25, -0.2) is 0 Å². The summed E-state index contributed by atoms with van der Waals surface area (Å²) in [7, 11) is 1.69. The molecule has 3 heteroatoms. The van der Waals surface area contributed by atoms with Crippen LogP contribution in [0.25, 0.3) is 0 Å². The molecular formula is C16H25NO2. The van der Waals surface area contributed by atoms with E-state index in [1.165, 1.54) is 5.56 Å². The van der Waals surface area contributed by atoms with E-state index in [9.17, 15) is 5.11 Å². The van der Waals surface area contributed by atoms with Gasteiger partial charge in [0.25, 0.3) is 0 Å². The molecule has 1 aromatic rings. The van der Waals surface area contributed by atoms with Gasteiger partial charge in [0.05, 0.1) is 7.11 Å². The molecule has 1 fully saturated rings. The number of aliphatic hydroxyl groups excluding tert-OH is 1. The van der Waals surface area contributed by atoms with Crippen molar-refractivity contribution in [2.75, 3.05) is 26.8 Å². The van der Waals surface area contributed by atoms with Crippen molar-refractivity contribution in [3.63, 3.8) is 0 Å². The first-order valence-corrected chi connectivity index (χ1v) is 6.97. The lowest BCUT2D eigenvalue weighted by Crippen LogP contribution is -2.37. The lowest BCUT2D eigenvalue weighted by atomic mass is 9.84. The molecule has 0 heterocycles. The fourth-order valence-electron chi connectivity index (χ4n) is 2.35. The Morgan fingerprint density at radius 1 is 1.26 bits per heavy atom.